The Kier molecular flexibility index (Phi) is 4.15. The molecular weight excluding hydrogens is 342 g/mol. The average molecular weight is 365 g/mol. The van der Waals surface area contributed by atoms with Gasteiger partial charge in [-0.2, -0.15) is 0 Å². The molecule has 2 aromatic rings. The molecule has 2 aliphatic heterocycles. The Bertz CT molecular complexity index is 927. The number of phenolic OH excluding ortho intramolecular Hbond substituents is 1. The fraction of sp³-hybridized carbons (Fsp3) is 0.333. The molecule has 1 spiro atoms. The van der Waals surface area contributed by atoms with Gasteiger partial charge in [0.2, 0.25) is 11.8 Å². The fourth-order valence-electron chi connectivity index (χ4n) is 4.40. The number of hydrogen-bond acceptors (Lipinski definition) is 4. The van der Waals surface area contributed by atoms with E-state index in [1.165, 1.54) is 4.90 Å². The standard InChI is InChI=1S/C21H23N3O3/c1-14-10-15(6-7-18(14)25)11-23-9-8-21(13-23)16-4-2-3-5-17(16)24(20(21)27)12-19(22)26/h2-7,10,25H,8-9,11-13H2,1H3,(H2,22,26)/t21-/m1/s1. The number of hydrogen-bond donors (Lipinski definition) is 2. The van der Waals surface area contributed by atoms with E-state index in [0.717, 1.165) is 35.3 Å². The summed E-state index contributed by atoms with van der Waals surface area (Å²) in [6.07, 6.45) is 0.717. The maximum absolute atomic E-state index is 13.3. The zero-order valence-corrected chi connectivity index (χ0v) is 15.3. The smallest absolute Gasteiger partial charge is 0.239 e. The Morgan fingerprint density at radius 2 is 2.04 bits per heavy atom. The number of nitrogens with zero attached hydrogens (tertiary/aromatic N) is 2. The van der Waals surface area contributed by atoms with Gasteiger partial charge in [-0.3, -0.25) is 14.5 Å². The van der Waals surface area contributed by atoms with E-state index in [9.17, 15) is 14.7 Å². The highest BCUT2D eigenvalue weighted by molar-refractivity contribution is 6.11. The second kappa shape index (κ2) is 6.39. The first-order valence-electron chi connectivity index (χ1n) is 9.11. The molecule has 0 saturated carbocycles. The average Bonchev–Trinajstić information content (AvgIpc) is 3.15. The molecule has 0 unspecified atom stereocenters. The molecule has 6 heteroatoms. The lowest BCUT2D eigenvalue weighted by atomic mass is 9.81. The summed E-state index contributed by atoms with van der Waals surface area (Å²) in [5, 5.41) is 9.72. The lowest BCUT2D eigenvalue weighted by Crippen LogP contribution is -2.45. The quantitative estimate of drug-likeness (QED) is 0.863. The lowest BCUT2D eigenvalue weighted by molar-refractivity contribution is -0.125. The number of phenols is 1. The third kappa shape index (κ3) is 2.86. The third-order valence-electron chi connectivity index (χ3n) is 5.69. The number of rotatable bonds is 4. The SMILES string of the molecule is Cc1cc(CN2CC[C@]3(C2)C(=O)N(CC(N)=O)c2ccccc23)ccc1O. The van der Waals surface area contributed by atoms with Crippen LogP contribution in [0.4, 0.5) is 5.69 Å². The van der Waals surface area contributed by atoms with Crippen molar-refractivity contribution in [1.82, 2.24) is 4.90 Å². The fourth-order valence-corrected chi connectivity index (χ4v) is 4.40. The molecule has 2 amide bonds. The van der Waals surface area contributed by atoms with E-state index in [4.69, 9.17) is 5.73 Å². The van der Waals surface area contributed by atoms with Gasteiger partial charge in [-0.25, -0.2) is 0 Å². The summed E-state index contributed by atoms with van der Waals surface area (Å²) in [7, 11) is 0. The molecule has 0 radical (unpaired) electrons. The number of amides is 2. The highest BCUT2D eigenvalue weighted by Crippen LogP contribution is 2.47. The Balaban J connectivity index is 1.61. The number of carbonyl (C=O) groups excluding carboxylic acids is 2. The number of carbonyl (C=O) groups is 2. The Hall–Kier alpha value is -2.86. The maximum atomic E-state index is 13.3. The summed E-state index contributed by atoms with van der Waals surface area (Å²) in [4.78, 5) is 28.5. The van der Waals surface area contributed by atoms with Gasteiger partial charge in [-0.05, 0) is 48.7 Å². The molecule has 140 valence electrons. The van der Waals surface area contributed by atoms with Crippen molar-refractivity contribution in [3.63, 3.8) is 0 Å². The van der Waals surface area contributed by atoms with Crippen molar-refractivity contribution < 1.29 is 14.7 Å². The van der Waals surface area contributed by atoms with E-state index >= 15 is 0 Å². The molecule has 3 N–H and O–H groups in total. The molecule has 4 rings (SSSR count). The molecule has 0 aliphatic carbocycles. The molecular formula is C21H23N3O3. The highest BCUT2D eigenvalue weighted by atomic mass is 16.3. The van der Waals surface area contributed by atoms with Crippen molar-refractivity contribution >= 4 is 17.5 Å². The van der Waals surface area contributed by atoms with Crippen LogP contribution in [0.3, 0.4) is 0 Å². The first-order chi connectivity index (χ1) is 12.9. The first kappa shape index (κ1) is 17.5. The van der Waals surface area contributed by atoms with Gasteiger partial charge in [-0.15, -0.1) is 0 Å². The predicted molar refractivity (Wildman–Crippen MR) is 102 cm³/mol. The minimum Gasteiger partial charge on any atom is -0.508 e. The van der Waals surface area contributed by atoms with Gasteiger partial charge in [0.25, 0.3) is 0 Å². The highest BCUT2D eigenvalue weighted by Gasteiger charge is 2.54. The number of anilines is 1. The van der Waals surface area contributed by atoms with Crippen molar-refractivity contribution in [2.24, 2.45) is 5.73 Å². The summed E-state index contributed by atoms with van der Waals surface area (Å²) in [6.45, 7) is 3.91. The van der Waals surface area contributed by atoms with Crippen LogP contribution in [0.5, 0.6) is 5.75 Å². The summed E-state index contributed by atoms with van der Waals surface area (Å²) >= 11 is 0. The van der Waals surface area contributed by atoms with Gasteiger partial charge in [0.1, 0.15) is 12.3 Å². The number of fused-ring (bicyclic) bond motifs is 2. The molecule has 2 heterocycles. The van der Waals surface area contributed by atoms with Crippen LogP contribution in [0.1, 0.15) is 23.1 Å². The van der Waals surface area contributed by atoms with E-state index < -0.39 is 11.3 Å². The van der Waals surface area contributed by atoms with Gasteiger partial charge in [0, 0.05) is 18.8 Å². The molecule has 27 heavy (non-hydrogen) atoms. The van der Waals surface area contributed by atoms with Crippen molar-refractivity contribution in [1.29, 1.82) is 0 Å². The van der Waals surface area contributed by atoms with Crippen LogP contribution >= 0.6 is 0 Å². The predicted octanol–water partition coefficient (Wildman–Crippen LogP) is 1.68. The minimum absolute atomic E-state index is 0.0353. The zero-order chi connectivity index (χ0) is 19.2. The largest absolute Gasteiger partial charge is 0.508 e. The van der Waals surface area contributed by atoms with Crippen LogP contribution in [0, 0.1) is 6.92 Å². The van der Waals surface area contributed by atoms with E-state index in [0.29, 0.717) is 18.8 Å². The van der Waals surface area contributed by atoms with E-state index in [2.05, 4.69) is 4.90 Å². The van der Waals surface area contributed by atoms with Crippen molar-refractivity contribution in [3.8, 4) is 5.75 Å². The molecule has 1 atom stereocenters. The lowest BCUT2D eigenvalue weighted by Gasteiger charge is -2.24. The summed E-state index contributed by atoms with van der Waals surface area (Å²) in [5.41, 5.74) is 8.49. The van der Waals surface area contributed by atoms with Crippen LogP contribution < -0.4 is 10.6 Å². The monoisotopic (exact) mass is 365 g/mol. The van der Waals surface area contributed by atoms with E-state index in [-0.39, 0.29) is 12.5 Å². The Morgan fingerprint density at radius 3 is 2.78 bits per heavy atom. The van der Waals surface area contributed by atoms with Gasteiger partial charge >= 0.3 is 0 Å². The van der Waals surface area contributed by atoms with Crippen LogP contribution in [0.25, 0.3) is 0 Å². The Labute approximate surface area is 158 Å². The summed E-state index contributed by atoms with van der Waals surface area (Å²) < 4.78 is 0. The second-order valence-electron chi connectivity index (χ2n) is 7.54. The molecule has 1 fully saturated rings. The van der Waals surface area contributed by atoms with Crippen molar-refractivity contribution in [3.05, 3.63) is 59.2 Å². The van der Waals surface area contributed by atoms with Crippen molar-refractivity contribution in [2.75, 3.05) is 24.5 Å². The summed E-state index contributed by atoms with van der Waals surface area (Å²) in [5.74, 6) is -0.254. The van der Waals surface area contributed by atoms with Crippen LogP contribution in [0.2, 0.25) is 0 Å². The number of benzene rings is 2. The van der Waals surface area contributed by atoms with Crippen LogP contribution in [-0.2, 0) is 21.5 Å². The number of nitrogens with two attached hydrogens (primary N) is 1. The topological polar surface area (TPSA) is 86.9 Å². The molecule has 0 bridgehead atoms. The van der Waals surface area contributed by atoms with Gasteiger partial charge in [-0.1, -0.05) is 30.3 Å². The normalized spacial score (nSPS) is 21.8. The number of likely N-dealkylation sites (tertiary alicyclic amines) is 1. The third-order valence-corrected chi connectivity index (χ3v) is 5.69. The number of primary amides is 1. The zero-order valence-electron chi connectivity index (χ0n) is 15.3. The van der Waals surface area contributed by atoms with Gasteiger partial charge < -0.3 is 15.7 Å². The molecule has 2 aromatic carbocycles. The summed E-state index contributed by atoms with van der Waals surface area (Å²) in [6, 6.07) is 13.3. The van der Waals surface area contributed by atoms with E-state index in [1.807, 2.05) is 43.3 Å². The number of aromatic hydroxyl groups is 1. The van der Waals surface area contributed by atoms with Crippen molar-refractivity contribution in [2.45, 2.75) is 25.3 Å². The van der Waals surface area contributed by atoms with Gasteiger partial charge in [0.15, 0.2) is 0 Å². The maximum Gasteiger partial charge on any atom is 0.239 e. The van der Waals surface area contributed by atoms with Crippen LogP contribution in [0.15, 0.2) is 42.5 Å². The molecule has 1 saturated heterocycles. The van der Waals surface area contributed by atoms with E-state index in [1.54, 1.807) is 6.07 Å². The first-order valence-corrected chi connectivity index (χ1v) is 9.11. The Morgan fingerprint density at radius 1 is 1.26 bits per heavy atom. The molecule has 6 nitrogen and oxygen atoms in total. The van der Waals surface area contributed by atoms with Crippen LogP contribution in [-0.4, -0.2) is 41.5 Å². The molecule has 2 aliphatic rings. The number of para-hydroxylation sites is 1. The molecule has 0 aromatic heterocycles. The second-order valence-corrected chi connectivity index (χ2v) is 7.54. The minimum atomic E-state index is -0.613. The van der Waals surface area contributed by atoms with Gasteiger partial charge in [0.05, 0.1) is 5.41 Å². The number of aryl methyl sites for hydroxylation is 1.